The number of amides is 1. The Balaban J connectivity index is 2.70. The Morgan fingerprint density at radius 2 is 2.14 bits per heavy atom. The van der Waals surface area contributed by atoms with Crippen molar-refractivity contribution in [3.05, 3.63) is 35.4 Å². The first-order valence-corrected chi connectivity index (χ1v) is 7.16. The molecule has 0 spiro atoms. The number of aliphatic hydroxyl groups excluding tert-OH is 1. The average Bonchev–Trinajstić information content (AvgIpc) is 2.48. The van der Waals surface area contributed by atoms with E-state index in [1.54, 1.807) is 7.05 Å². The number of hydrogen-bond acceptors (Lipinski definition) is 3. The zero-order chi connectivity index (χ0) is 15.7. The number of nitrogens with zero attached hydrogens (tertiary/aromatic N) is 1. The summed E-state index contributed by atoms with van der Waals surface area (Å²) in [7, 11) is 3.66. The van der Waals surface area contributed by atoms with Crippen LogP contribution in [-0.4, -0.2) is 43.2 Å². The van der Waals surface area contributed by atoms with Crippen LogP contribution in [0.2, 0.25) is 0 Å². The minimum Gasteiger partial charge on any atom is -0.395 e. The van der Waals surface area contributed by atoms with Crippen molar-refractivity contribution in [2.45, 2.75) is 19.9 Å². The first-order chi connectivity index (χ1) is 10.1. The van der Waals surface area contributed by atoms with E-state index in [1.807, 2.05) is 38.2 Å². The Kier molecular flexibility index (Phi) is 7.52. The lowest BCUT2D eigenvalue weighted by Crippen LogP contribution is -2.34. The zero-order valence-corrected chi connectivity index (χ0v) is 13.0. The van der Waals surface area contributed by atoms with E-state index in [0.717, 1.165) is 17.7 Å². The number of aliphatic hydroxyl groups is 1. The van der Waals surface area contributed by atoms with Crippen LogP contribution in [0.3, 0.4) is 0 Å². The molecule has 1 unspecified atom stereocenters. The van der Waals surface area contributed by atoms with Crippen molar-refractivity contribution in [2.24, 2.45) is 5.92 Å². The van der Waals surface area contributed by atoms with E-state index in [1.165, 1.54) is 0 Å². The van der Waals surface area contributed by atoms with Crippen LogP contribution >= 0.6 is 0 Å². The summed E-state index contributed by atoms with van der Waals surface area (Å²) < 4.78 is 0. The van der Waals surface area contributed by atoms with Gasteiger partial charge in [0.05, 0.1) is 6.61 Å². The molecule has 0 radical (unpaired) electrons. The molecule has 2 N–H and O–H groups in total. The Bertz CT molecular complexity index is 517. The maximum Gasteiger partial charge on any atom is 0.223 e. The maximum absolute atomic E-state index is 11.6. The van der Waals surface area contributed by atoms with Crippen molar-refractivity contribution < 1.29 is 9.90 Å². The molecule has 1 aromatic carbocycles. The third kappa shape index (κ3) is 5.99. The van der Waals surface area contributed by atoms with Crippen molar-refractivity contribution in [3.8, 4) is 11.8 Å². The van der Waals surface area contributed by atoms with E-state index in [9.17, 15) is 4.79 Å². The molecule has 1 atom stereocenters. The second kappa shape index (κ2) is 9.17. The number of carbonyl (C=O) groups is 1. The van der Waals surface area contributed by atoms with Crippen molar-refractivity contribution in [3.63, 3.8) is 0 Å². The van der Waals surface area contributed by atoms with Gasteiger partial charge in [-0.25, -0.2) is 0 Å². The van der Waals surface area contributed by atoms with Crippen molar-refractivity contribution in [1.82, 2.24) is 10.2 Å². The lowest BCUT2D eigenvalue weighted by atomic mass is 10.1. The highest BCUT2D eigenvalue weighted by atomic mass is 16.2. The van der Waals surface area contributed by atoms with Crippen LogP contribution in [0, 0.1) is 17.8 Å². The van der Waals surface area contributed by atoms with Gasteiger partial charge in [0.2, 0.25) is 5.91 Å². The Morgan fingerprint density at radius 1 is 1.43 bits per heavy atom. The van der Waals surface area contributed by atoms with Gasteiger partial charge in [-0.15, -0.1) is 0 Å². The number of hydrogen-bond donors (Lipinski definition) is 2. The molecule has 0 bridgehead atoms. The summed E-state index contributed by atoms with van der Waals surface area (Å²) in [6, 6.07) is 7.97. The smallest absolute Gasteiger partial charge is 0.223 e. The summed E-state index contributed by atoms with van der Waals surface area (Å²) in [6.45, 7) is 3.43. The van der Waals surface area contributed by atoms with Crippen LogP contribution in [0.4, 0.5) is 0 Å². The molecule has 0 aliphatic carbocycles. The first kappa shape index (κ1) is 17.2. The summed E-state index contributed by atoms with van der Waals surface area (Å²) in [6.07, 6.45) is 0.484. The van der Waals surface area contributed by atoms with Gasteiger partial charge >= 0.3 is 0 Å². The molecule has 114 valence electrons. The van der Waals surface area contributed by atoms with Gasteiger partial charge in [-0.1, -0.05) is 37.0 Å². The molecular formula is C17H24N2O2. The van der Waals surface area contributed by atoms with E-state index in [0.29, 0.717) is 13.0 Å². The highest BCUT2D eigenvalue weighted by Gasteiger charge is 2.14. The molecule has 0 saturated heterocycles. The van der Waals surface area contributed by atoms with Crippen LogP contribution in [0.15, 0.2) is 24.3 Å². The van der Waals surface area contributed by atoms with Gasteiger partial charge < -0.3 is 15.3 Å². The highest BCUT2D eigenvalue weighted by Crippen LogP contribution is 2.11. The van der Waals surface area contributed by atoms with Gasteiger partial charge in [-0.05, 0) is 18.7 Å². The highest BCUT2D eigenvalue weighted by molar-refractivity contribution is 5.78. The number of benzene rings is 1. The van der Waals surface area contributed by atoms with Crippen LogP contribution < -0.4 is 5.32 Å². The summed E-state index contributed by atoms with van der Waals surface area (Å²) in [5.74, 6) is 6.05. The molecule has 4 heteroatoms. The monoisotopic (exact) mass is 288 g/mol. The van der Waals surface area contributed by atoms with E-state index < -0.39 is 0 Å². The fraction of sp³-hybridized carbons (Fsp3) is 0.471. The number of carbonyl (C=O) groups excluding carboxylic acids is 1. The molecule has 21 heavy (non-hydrogen) atoms. The van der Waals surface area contributed by atoms with Crippen LogP contribution in [0.1, 0.15) is 24.5 Å². The zero-order valence-electron chi connectivity index (χ0n) is 13.0. The third-order valence-corrected chi connectivity index (χ3v) is 3.20. The van der Waals surface area contributed by atoms with Crippen LogP contribution in [0.25, 0.3) is 0 Å². The van der Waals surface area contributed by atoms with Gasteiger partial charge in [0.1, 0.15) is 0 Å². The fourth-order valence-electron chi connectivity index (χ4n) is 2.15. The van der Waals surface area contributed by atoms with E-state index in [2.05, 4.69) is 22.1 Å². The van der Waals surface area contributed by atoms with E-state index in [-0.39, 0.29) is 18.4 Å². The summed E-state index contributed by atoms with van der Waals surface area (Å²) in [5.41, 5.74) is 2.11. The lowest BCUT2D eigenvalue weighted by molar-refractivity contribution is -0.124. The minimum absolute atomic E-state index is 0.0485. The number of nitrogens with one attached hydrogen (secondary N) is 1. The van der Waals surface area contributed by atoms with Gasteiger partial charge in [0.25, 0.3) is 0 Å². The number of rotatable bonds is 6. The van der Waals surface area contributed by atoms with Crippen molar-refractivity contribution >= 4 is 5.91 Å². The summed E-state index contributed by atoms with van der Waals surface area (Å²) in [4.78, 5) is 13.7. The fourth-order valence-corrected chi connectivity index (χ4v) is 2.15. The quantitative estimate of drug-likeness (QED) is 0.774. The Morgan fingerprint density at radius 3 is 2.81 bits per heavy atom. The van der Waals surface area contributed by atoms with Crippen molar-refractivity contribution in [1.29, 1.82) is 0 Å². The topological polar surface area (TPSA) is 52.6 Å². The standard InChI is InChI=1S/C17H24N2O2/c1-14(17(21)18-2)12-19(3)13-16-10-5-4-8-15(16)9-6-7-11-20/h4-5,8,10,14,20H,7,11-13H2,1-3H3,(H,18,21). The van der Waals surface area contributed by atoms with E-state index in [4.69, 9.17) is 5.11 Å². The van der Waals surface area contributed by atoms with E-state index >= 15 is 0 Å². The molecular weight excluding hydrogens is 264 g/mol. The van der Waals surface area contributed by atoms with Gasteiger partial charge in [0, 0.05) is 38.0 Å². The van der Waals surface area contributed by atoms with Gasteiger partial charge in [-0.2, -0.15) is 0 Å². The largest absolute Gasteiger partial charge is 0.395 e. The Labute approximate surface area is 127 Å². The summed E-state index contributed by atoms with van der Waals surface area (Å²) in [5, 5.41) is 11.5. The normalized spacial score (nSPS) is 11.7. The molecule has 0 aliphatic heterocycles. The molecule has 1 amide bonds. The average molecular weight is 288 g/mol. The molecule has 0 heterocycles. The molecule has 1 rings (SSSR count). The predicted octanol–water partition coefficient (Wildman–Crippen LogP) is 1.23. The molecule has 4 nitrogen and oxygen atoms in total. The Hall–Kier alpha value is -1.83. The second-order valence-electron chi connectivity index (χ2n) is 5.14. The van der Waals surface area contributed by atoms with Crippen LogP contribution in [-0.2, 0) is 11.3 Å². The molecule has 0 aliphatic rings. The second-order valence-corrected chi connectivity index (χ2v) is 5.14. The summed E-state index contributed by atoms with van der Waals surface area (Å²) >= 11 is 0. The maximum atomic E-state index is 11.6. The minimum atomic E-state index is -0.0485. The lowest BCUT2D eigenvalue weighted by Gasteiger charge is -2.21. The van der Waals surface area contributed by atoms with Crippen LogP contribution in [0.5, 0.6) is 0 Å². The molecule has 0 saturated carbocycles. The predicted molar refractivity (Wildman–Crippen MR) is 84.6 cm³/mol. The SMILES string of the molecule is CNC(=O)C(C)CN(C)Cc1ccccc1C#CCCO. The molecule has 0 fully saturated rings. The van der Waals surface area contributed by atoms with Crippen molar-refractivity contribution in [2.75, 3.05) is 27.2 Å². The van der Waals surface area contributed by atoms with Gasteiger partial charge in [-0.3, -0.25) is 4.79 Å². The van der Waals surface area contributed by atoms with Gasteiger partial charge in [0.15, 0.2) is 0 Å². The third-order valence-electron chi connectivity index (χ3n) is 3.20. The molecule has 0 aromatic heterocycles. The molecule has 1 aromatic rings. The first-order valence-electron chi connectivity index (χ1n) is 7.16.